The zero-order valence-electron chi connectivity index (χ0n) is 26.6. The van der Waals surface area contributed by atoms with E-state index in [0.29, 0.717) is 32.3 Å². The van der Waals surface area contributed by atoms with Crippen LogP contribution in [-0.2, 0) is 27.6 Å². The lowest BCUT2D eigenvalue weighted by Crippen LogP contribution is -2.29. The van der Waals surface area contributed by atoms with Gasteiger partial charge < -0.3 is 4.57 Å². The van der Waals surface area contributed by atoms with Crippen molar-refractivity contribution in [1.82, 2.24) is 14.3 Å². The minimum atomic E-state index is -4.89. The molecule has 0 spiro atoms. The fraction of sp³-hybridized carbons (Fsp3) is 0.243. The predicted octanol–water partition coefficient (Wildman–Crippen LogP) is 9.35. The van der Waals surface area contributed by atoms with Crippen molar-refractivity contribution in [3.05, 3.63) is 124 Å². The van der Waals surface area contributed by atoms with E-state index in [1.807, 2.05) is 24.3 Å². The molecule has 2 heterocycles. The second kappa shape index (κ2) is 13.4. The van der Waals surface area contributed by atoms with Gasteiger partial charge >= 0.3 is 16.4 Å². The van der Waals surface area contributed by atoms with E-state index in [1.165, 1.54) is 66.6 Å². The molecule has 4 aromatic carbocycles. The number of nitrogens with one attached hydrogen (secondary N) is 1. The highest BCUT2D eigenvalue weighted by atomic mass is 35.5. The first-order valence-corrected chi connectivity index (χ1v) is 18.3. The lowest BCUT2D eigenvalue weighted by Gasteiger charge is -2.22. The molecule has 1 aliphatic carbocycles. The Morgan fingerprint density at radius 2 is 1.54 bits per heavy atom. The van der Waals surface area contributed by atoms with Crippen molar-refractivity contribution in [2.45, 2.75) is 50.6 Å². The van der Waals surface area contributed by atoms with Crippen molar-refractivity contribution < 1.29 is 26.4 Å². The van der Waals surface area contributed by atoms with E-state index in [1.54, 1.807) is 16.9 Å². The van der Waals surface area contributed by atoms with Gasteiger partial charge in [0.15, 0.2) is 0 Å². The van der Waals surface area contributed by atoms with Gasteiger partial charge in [-0.2, -0.15) is 21.6 Å². The molecule has 7 nitrogen and oxygen atoms in total. The Hall–Kier alpha value is -4.32. The number of benzene rings is 4. The maximum Gasteiger partial charge on any atom is 0.418 e. The quantitative estimate of drug-likeness (QED) is 0.180. The third-order valence-corrected chi connectivity index (χ3v) is 11.2. The van der Waals surface area contributed by atoms with Gasteiger partial charge in [-0.3, -0.25) is 4.79 Å². The first-order chi connectivity index (χ1) is 23.9. The van der Waals surface area contributed by atoms with Crippen molar-refractivity contribution >= 4 is 45.0 Å². The number of rotatable bonds is 7. The number of hydrogen-bond donors (Lipinski definition) is 1. The van der Waals surface area contributed by atoms with Crippen molar-refractivity contribution in [3.63, 3.8) is 0 Å². The number of imidazole rings is 1. The molecular formula is C37H31Cl2F3N4O3S. The number of nitrogens with zero attached hydrogens (tertiary/aromatic N) is 3. The van der Waals surface area contributed by atoms with Crippen molar-refractivity contribution in [1.29, 1.82) is 0 Å². The van der Waals surface area contributed by atoms with Gasteiger partial charge in [-0.05, 0) is 77.4 Å². The summed E-state index contributed by atoms with van der Waals surface area (Å²) in [6.45, 7) is -0.630. The zero-order valence-corrected chi connectivity index (χ0v) is 28.9. The van der Waals surface area contributed by atoms with E-state index in [2.05, 4.69) is 24.3 Å². The largest absolute Gasteiger partial charge is 0.418 e. The van der Waals surface area contributed by atoms with E-state index < -0.39 is 34.4 Å². The monoisotopic (exact) mass is 738 g/mol. The number of halogens is 5. The molecule has 1 saturated heterocycles. The van der Waals surface area contributed by atoms with Gasteiger partial charge in [-0.25, -0.2) is 14.0 Å². The van der Waals surface area contributed by atoms with E-state index in [0.717, 1.165) is 22.8 Å². The van der Waals surface area contributed by atoms with Crippen LogP contribution in [0, 0.1) is 0 Å². The Balaban J connectivity index is 1.25. The molecule has 0 unspecified atom stereocenters. The van der Waals surface area contributed by atoms with Crippen LogP contribution in [0.25, 0.3) is 28.1 Å². The Morgan fingerprint density at radius 3 is 2.16 bits per heavy atom. The lowest BCUT2D eigenvalue weighted by molar-refractivity contribution is -0.137. The van der Waals surface area contributed by atoms with Gasteiger partial charge in [0.1, 0.15) is 12.4 Å². The molecule has 2 fully saturated rings. The maximum absolute atomic E-state index is 14.7. The van der Waals surface area contributed by atoms with E-state index >= 15 is 0 Å². The minimum Gasteiger partial charge on any atom is -0.302 e. The van der Waals surface area contributed by atoms with Gasteiger partial charge in [0, 0.05) is 23.2 Å². The van der Waals surface area contributed by atoms with Crippen LogP contribution in [-0.4, -0.2) is 30.4 Å². The van der Waals surface area contributed by atoms with E-state index in [4.69, 9.17) is 28.2 Å². The lowest BCUT2D eigenvalue weighted by atomic mass is 9.83. The van der Waals surface area contributed by atoms with Gasteiger partial charge in [0.25, 0.3) is 5.91 Å². The summed E-state index contributed by atoms with van der Waals surface area (Å²) in [5, 5.41) is 0.664. The van der Waals surface area contributed by atoms with Gasteiger partial charge in [-0.15, -0.1) is 0 Å². The summed E-state index contributed by atoms with van der Waals surface area (Å²) >= 11 is 12.6. The smallest absolute Gasteiger partial charge is 0.302 e. The third-order valence-electron chi connectivity index (χ3n) is 9.28. The molecule has 1 saturated carbocycles. The zero-order chi connectivity index (χ0) is 35.2. The Kier molecular flexibility index (Phi) is 9.17. The van der Waals surface area contributed by atoms with Crippen molar-refractivity contribution in [2.75, 3.05) is 10.8 Å². The van der Waals surface area contributed by atoms with Crippen LogP contribution in [0.15, 0.2) is 91.1 Å². The van der Waals surface area contributed by atoms with Gasteiger partial charge in [0.05, 0.1) is 27.7 Å². The molecule has 258 valence electrons. The highest BCUT2D eigenvalue weighted by Gasteiger charge is 2.39. The molecule has 7 rings (SSSR count). The molecule has 1 N–H and O–H groups in total. The molecule has 50 heavy (non-hydrogen) atoms. The maximum atomic E-state index is 14.7. The number of carbonyl (C=O) groups is 1. The average molecular weight is 740 g/mol. The third kappa shape index (κ3) is 6.99. The second-order valence-corrected chi connectivity index (χ2v) is 15.0. The van der Waals surface area contributed by atoms with Crippen molar-refractivity contribution in [3.8, 4) is 28.1 Å². The van der Waals surface area contributed by atoms with Crippen LogP contribution in [0.4, 0.5) is 18.9 Å². The number of carbonyl (C=O) groups excluding carboxylic acids is 1. The Morgan fingerprint density at radius 1 is 0.860 bits per heavy atom. The predicted molar refractivity (Wildman–Crippen MR) is 189 cm³/mol. The van der Waals surface area contributed by atoms with Crippen LogP contribution in [0.1, 0.15) is 60.5 Å². The highest BCUT2D eigenvalue weighted by molar-refractivity contribution is 7.92. The fourth-order valence-corrected chi connectivity index (χ4v) is 8.40. The van der Waals surface area contributed by atoms with Gasteiger partial charge in [-0.1, -0.05) is 91.0 Å². The summed E-state index contributed by atoms with van der Waals surface area (Å²) in [4.78, 5) is 16.5. The SMILES string of the molecule is O=C1CN(c2ccc(-n3cc(-c4ccc(Cl)cc4Cl)nc3Cc3ccc(-c4ccc(C5CCCCC5)cc4)cc3)c(C(F)(F)F)c2)S(=O)(=O)N1. The summed E-state index contributed by atoms with van der Waals surface area (Å²) in [6.07, 6.45) is 3.04. The number of hydrogen-bond acceptors (Lipinski definition) is 4. The summed E-state index contributed by atoms with van der Waals surface area (Å²) < 4.78 is 72.6. The molecule has 5 aromatic rings. The molecular weight excluding hydrogens is 708 g/mol. The molecule has 1 amide bonds. The standard InChI is InChI=1S/C37H31Cl2F3N4O3S/c38-28-14-16-30(32(39)19-28)33-21-45(34-17-15-29(20-31(34)37(40,41)42)46-22-36(47)44-50(46,48)49)35(43-33)18-23-6-8-25(9-7-23)27-12-10-26(11-13-27)24-4-2-1-3-5-24/h6-17,19-21,24H,1-5,18,22H2,(H,44,47). The van der Waals surface area contributed by atoms with E-state index in [9.17, 15) is 26.4 Å². The molecule has 0 radical (unpaired) electrons. The van der Waals surface area contributed by atoms with Crippen LogP contribution < -0.4 is 9.03 Å². The average Bonchev–Trinajstić information content (AvgIpc) is 3.63. The molecule has 2 aliphatic rings. The fourth-order valence-electron chi connectivity index (χ4n) is 6.75. The van der Waals surface area contributed by atoms with Crippen LogP contribution in [0.3, 0.4) is 0 Å². The Labute approximate surface area is 297 Å². The molecule has 0 bridgehead atoms. The normalized spacial score (nSPS) is 16.5. The van der Waals surface area contributed by atoms with Crippen LogP contribution >= 0.6 is 23.2 Å². The first-order valence-electron chi connectivity index (χ1n) is 16.1. The summed E-state index contributed by atoms with van der Waals surface area (Å²) in [7, 11) is -4.33. The number of alkyl halides is 3. The Bertz CT molecular complexity index is 2180. The van der Waals surface area contributed by atoms with E-state index in [-0.39, 0.29) is 22.8 Å². The molecule has 13 heteroatoms. The molecule has 0 atom stereocenters. The summed E-state index contributed by atoms with van der Waals surface area (Å²) in [5.41, 5.74) is 3.38. The topological polar surface area (TPSA) is 84.3 Å². The molecule has 1 aromatic heterocycles. The summed E-state index contributed by atoms with van der Waals surface area (Å²) in [5.74, 6) is 0.0612. The van der Waals surface area contributed by atoms with Crippen molar-refractivity contribution in [2.24, 2.45) is 0 Å². The van der Waals surface area contributed by atoms with Gasteiger partial charge in [0.2, 0.25) is 0 Å². The molecule has 1 aliphatic heterocycles. The number of amides is 1. The van der Waals surface area contributed by atoms with Crippen LogP contribution in [0.2, 0.25) is 10.0 Å². The minimum absolute atomic E-state index is 0.171. The van der Waals surface area contributed by atoms with Crippen LogP contribution in [0.5, 0.6) is 0 Å². The highest BCUT2D eigenvalue weighted by Crippen LogP contribution is 2.40. The summed E-state index contributed by atoms with van der Waals surface area (Å²) in [6, 6.07) is 24.4. The number of anilines is 1. The first kappa shape index (κ1) is 34.1. The number of aromatic nitrogens is 2. The second-order valence-electron chi connectivity index (χ2n) is 12.6.